The molecule has 0 atom stereocenters. The molecule has 1 aromatic rings. The van der Waals surface area contributed by atoms with Crippen LogP contribution in [0.5, 0.6) is 0 Å². The highest BCUT2D eigenvalue weighted by Crippen LogP contribution is 2.12. The summed E-state index contributed by atoms with van der Waals surface area (Å²) in [6.45, 7) is 3.55. The molecule has 1 aromatic carbocycles. The van der Waals surface area contributed by atoms with Gasteiger partial charge in [-0.2, -0.15) is 0 Å². The zero-order valence-electron chi connectivity index (χ0n) is 10.2. The Labute approximate surface area is 101 Å². The number of nitrogens with two attached hydrogens (primary N) is 1. The average molecular weight is 239 g/mol. The van der Waals surface area contributed by atoms with Crippen LogP contribution in [-0.2, 0) is 6.54 Å². The third kappa shape index (κ3) is 3.71. The van der Waals surface area contributed by atoms with Crippen LogP contribution >= 0.6 is 0 Å². The molecule has 0 saturated carbocycles. The molecule has 0 aliphatic carbocycles. The lowest BCUT2D eigenvalue weighted by Gasteiger charge is -2.16. The van der Waals surface area contributed by atoms with Crippen molar-refractivity contribution in [1.82, 2.24) is 4.90 Å². The van der Waals surface area contributed by atoms with Crippen LogP contribution in [0.1, 0.15) is 24.5 Å². The second kappa shape index (κ2) is 6.20. The fourth-order valence-corrected chi connectivity index (χ4v) is 1.64. The van der Waals surface area contributed by atoms with Gasteiger partial charge in [0.2, 0.25) is 0 Å². The molecule has 0 aliphatic rings. The summed E-state index contributed by atoms with van der Waals surface area (Å²) in [4.78, 5) is 2.04. The van der Waals surface area contributed by atoms with Crippen LogP contribution in [0.25, 0.3) is 0 Å². The van der Waals surface area contributed by atoms with Gasteiger partial charge in [-0.3, -0.25) is 0 Å². The van der Waals surface area contributed by atoms with E-state index in [9.17, 15) is 4.39 Å². The lowest BCUT2D eigenvalue weighted by molar-refractivity contribution is 0.318. The Balaban J connectivity index is 2.83. The summed E-state index contributed by atoms with van der Waals surface area (Å²) in [7, 11) is 1.94. The summed E-state index contributed by atoms with van der Waals surface area (Å²) in [6.07, 6.45) is 1.03. The monoisotopic (exact) mass is 239 g/mol. The molecule has 0 aromatic heterocycles. The van der Waals surface area contributed by atoms with Crippen molar-refractivity contribution >= 4 is 5.84 Å². The summed E-state index contributed by atoms with van der Waals surface area (Å²) in [5.41, 5.74) is 6.37. The first-order valence-electron chi connectivity index (χ1n) is 5.53. The first kappa shape index (κ1) is 13.4. The maximum Gasteiger partial charge on any atom is 0.170 e. The second-order valence-corrected chi connectivity index (χ2v) is 4.03. The molecule has 0 saturated heterocycles. The molecule has 94 valence electrons. The number of oxime groups is 1. The van der Waals surface area contributed by atoms with E-state index in [4.69, 9.17) is 10.9 Å². The van der Waals surface area contributed by atoms with E-state index < -0.39 is 0 Å². The second-order valence-electron chi connectivity index (χ2n) is 4.03. The molecule has 3 N–H and O–H groups in total. The van der Waals surface area contributed by atoms with Crippen LogP contribution in [0, 0.1) is 5.82 Å². The number of hydrogen-bond acceptors (Lipinski definition) is 3. The highest BCUT2D eigenvalue weighted by atomic mass is 19.1. The van der Waals surface area contributed by atoms with Gasteiger partial charge in [0, 0.05) is 17.7 Å². The van der Waals surface area contributed by atoms with Crippen molar-refractivity contribution in [2.75, 3.05) is 13.6 Å². The van der Waals surface area contributed by atoms with E-state index in [1.165, 1.54) is 6.07 Å². The Morgan fingerprint density at radius 2 is 2.24 bits per heavy atom. The molecular weight excluding hydrogens is 221 g/mol. The predicted octanol–water partition coefficient (Wildman–Crippen LogP) is 1.76. The third-order valence-electron chi connectivity index (χ3n) is 2.50. The highest BCUT2D eigenvalue weighted by Gasteiger charge is 2.08. The molecular formula is C12H18FN3O. The Hall–Kier alpha value is -1.62. The number of hydrogen-bond donors (Lipinski definition) is 2. The molecule has 0 amide bonds. The van der Waals surface area contributed by atoms with Gasteiger partial charge in [-0.1, -0.05) is 24.2 Å². The highest BCUT2D eigenvalue weighted by molar-refractivity contribution is 5.97. The van der Waals surface area contributed by atoms with Gasteiger partial charge in [-0.25, -0.2) is 4.39 Å². The van der Waals surface area contributed by atoms with E-state index >= 15 is 0 Å². The van der Waals surface area contributed by atoms with Gasteiger partial charge in [0.1, 0.15) is 5.82 Å². The smallest absolute Gasteiger partial charge is 0.170 e. The topological polar surface area (TPSA) is 61.8 Å². The molecule has 0 unspecified atom stereocenters. The summed E-state index contributed by atoms with van der Waals surface area (Å²) in [5.74, 6) is -0.422. The van der Waals surface area contributed by atoms with Crippen molar-refractivity contribution in [3.05, 3.63) is 35.1 Å². The van der Waals surface area contributed by atoms with Crippen molar-refractivity contribution < 1.29 is 9.60 Å². The maximum absolute atomic E-state index is 13.7. The number of halogens is 1. The van der Waals surface area contributed by atoms with Crippen LogP contribution in [0.15, 0.2) is 23.4 Å². The van der Waals surface area contributed by atoms with Crippen molar-refractivity contribution in [3.63, 3.8) is 0 Å². The molecule has 0 heterocycles. The van der Waals surface area contributed by atoms with Gasteiger partial charge >= 0.3 is 0 Å². The van der Waals surface area contributed by atoms with Gasteiger partial charge in [0.05, 0.1) is 0 Å². The number of nitrogens with zero attached hydrogens (tertiary/aromatic N) is 2. The minimum atomic E-state index is -0.336. The maximum atomic E-state index is 13.7. The molecule has 17 heavy (non-hydrogen) atoms. The first-order valence-corrected chi connectivity index (χ1v) is 5.53. The fraction of sp³-hybridized carbons (Fsp3) is 0.417. The van der Waals surface area contributed by atoms with E-state index in [1.807, 2.05) is 11.9 Å². The van der Waals surface area contributed by atoms with Crippen LogP contribution in [-0.4, -0.2) is 29.5 Å². The number of benzene rings is 1. The molecule has 0 radical (unpaired) electrons. The SMILES string of the molecule is CCCN(C)Cc1ccc(/C(N)=N/O)cc1F. The van der Waals surface area contributed by atoms with Gasteiger partial charge in [-0.15, -0.1) is 0 Å². The molecule has 5 heteroatoms. The molecule has 0 spiro atoms. The molecule has 0 aliphatic heterocycles. The summed E-state index contributed by atoms with van der Waals surface area (Å²) in [5, 5.41) is 11.3. The van der Waals surface area contributed by atoms with Crippen molar-refractivity contribution in [2.45, 2.75) is 19.9 Å². The number of rotatable bonds is 5. The van der Waals surface area contributed by atoms with Crippen LogP contribution in [0.4, 0.5) is 4.39 Å². The zero-order valence-corrected chi connectivity index (χ0v) is 10.2. The van der Waals surface area contributed by atoms with E-state index in [-0.39, 0.29) is 11.7 Å². The van der Waals surface area contributed by atoms with Crippen LogP contribution in [0.3, 0.4) is 0 Å². The lowest BCUT2D eigenvalue weighted by Crippen LogP contribution is -2.20. The van der Waals surface area contributed by atoms with Crippen molar-refractivity contribution in [1.29, 1.82) is 0 Å². The summed E-state index contributed by atoms with van der Waals surface area (Å²) in [6, 6.07) is 4.59. The standard InChI is InChI=1S/C12H18FN3O/c1-3-6-16(2)8-10-5-4-9(7-11(10)13)12(14)15-17/h4-5,7,17H,3,6,8H2,1-2H3,(H2,14,15). The summed E-state index contributed by atoms with van der Waals surface area (Å²) < 4.78 is 13.7. The minimum absolute atomic E-state index is 0.0858. The Bertz CT molecular complexity index is 407. The van der Waals surface area contributed by atoms with E-state index in [0.29, 0.717) is 17.7 Å². The van der Waals surface area contributed by atoms with Gasteiger partial charge < -0.3 is 15.8 Å². The first-order chi connectivity index (χ1) is 8.08. The Morgan fingerprint density at radius 3 is 2.76 bits per heavy atom. The quantitative estimate of drug-likeness (QED) is 0.356. The average Bonchev–Trinajstić information content (AvgIpc) is 2.31. The Morgan fingerprint density at radius 1 is 1.53 bits per heavy atom. The molecule has 0 bridgehead atoms. The molecule has 4 nitrogen and oxygen atoms in total. The van der Waals surface area contributed by atoms with Gasteiger partial charge in [0.15, 0.2) is 5.84 Å². The number of amidine groups is 1. The fourth-order valence-electron chi connectivity index (χ4n) is 1.64. The van der Waals surface area contributed by atoms with Crippen molar-refractivity contribution in [2.24, 2.45) is 10.9 Å². The molecule has 1 rings (SSSR count). The van der Waals surface area contributed by atoms with E-state index in [2.05, 4.69) is 12.1 Å². The Kier molecular flexibility index (Phi) is 4.90. The predicted molar refractivity (Wildman–Crippen MR) is 65.5 cm³/mol. The molecule has 0 fully saturated rings. The van der Waals surface area contributed by atoms with Crippen molar-refractivity contribution in [3.8, 4) is 0 Å². The van der Waals surface area contributed by atoms with E-state index in [0.717, 1.165) is 13.0 Å². The lowest BCUT2D eigenvalue weighted by atomic mass is 10.1. The van der Waals surface area contributed by atoms with Crippen LogP contribution in [0.2, 0.25) is 0 Å². The third-order valence-corrected chi connectivity index (χ3v) is 2.50. The van der Waals surface area contributed by atoms with Gasteiger partial charge in [-0.05, 0) is 26.1 Å². The van der Waals surface area contributed by atoms with Gasteiger partial charge in [0.25, 0.3) is 0 Å². The minimum Gasteiger partial charge on any atom is -0.409 e. The van der Waals surface area contributed by atoms with E-state index in [1.54, 1.807) is 12.1 Å². The summed E-state index contributed by atoms with van der Waals surface area (Å²) >= 11 is 0. The largest absolute Gasteiger partial charge is 0.409 e. The normalized spacial score (nSPS) is 12.1. The zero-order chi connectivity index (χ0) is 12.8. The van der Waals surface area contributed by atoms with Crippen LogP contribution < -0.4 is 5.73 Å².